The summed E-state index contributed by atoms with van der Waals surface area (Å²) < 4.78 is 9.86. The minimum absolute atomic E-state index is 0.172. The lowest BCUT2D eigenvalue weighted by molar-refractivity contribution is -0.140. The maximum atomic E-state index is 11.0. The third-order valence-corrected chi connectivity index (χ3v) is 2.57. The van der Waals surface area contributed by atoms with Gasteiger partial charge in [0, 0.05) is 6.42 Å². The number of carbonyl (C=O) groups is 1. The summed E-state index contributed by atoms with van der Waals surface area (Å²) in [5, 5.41) is 0. The van der Waals surface area contributed by atoms with Crippen LogP contribution >= 0.6 is 0 Å². The Morgan fingerprint density at radius 3 is 2.62 bits per heavy atom. The average molecular weight is 222 g/mol. The molecule has 3 nitrogen and oxygen atoms in total. The van der Waals surface area contributed by atoms with Gasteiger partial charge >= 0.3 is 5.97 Å². The molecule has 0 unspecified atom stereocenters. The van der Waals surface area contributed by atoms with Crippen molar-refractivity contribution >= 4 is 5.97 Å². The highest BCUT2D eigenvalue weighted by Gasteiger charge is 2.05. The van der Waals surface area contributed by atoms with E-state index in [4.69, 9.17) is 4.74 Å². The number of esters is 1. The molecule has 0 amide bonds. The van der Waals surface area contributed by atoms with Gasteiger partial charge in [0.05, 0.1) is 14.2 Å². The van der Waals surface area contributed by atoms with Crippen LogP contribution in [0, 0.1) is 0 Å². The molecule has 0 atom stereocenters. The van der Waals surface area contributed by atoms with Crippen molar-refractivity contribution < 1.29 is 14.3 Å². The monoisotopic (exact) mass is 222 g/mol. The molecular formula is C13H18O3. The fourth-order valence-electron chi connectivity index (χ4n) is 1.61. The molecule has 0 aliphatic rings. The molecule has 16 heavy (non-hydrogen) atoms. The van der Waals surface area contributed by atoms with Gasteiger partial charge in [-0.1, -0.05) is 19.1 Å². The molecule has 1 rings (SSSR count). The van der Waals surface area contributed by atoms with Crippen molar-refractivity contribution in [1.82, 2.24) is 0 Å². The SMILES string of the molecule is CCc1cc(CCC(=O)OC)ccc1OC. The summed E-state index contributed by atoms with van der Waals surface area (Å²) in [6.07, 6.45) is 2.06. The van der Waals surface area contributed by atoms with Crippen molar-refractivity contribution in [2.24, 2.45) is 0 Å². The molecule has 0 spiro atoms. The zero-order valence-corrected chi connectivity index (χ0v) is 10.1. The second-order valence-electron chi connectivity index (χ2n) is 3.58. The molecule has 3 heteroatoms. The predicted molar refractivity (Wildman–Crippen MR) is 62.7 cm³/mol. The molecule has 1 aromatic carbocycles. The third kappa shape index (κ3) is 3.26. The Labute approximate surface area is 96.4 Å². The Bertz CT molecular complexity index is 358. The third-order valence-electron chi connectivity index (χ3n) is 2.57. The Morgan fingerprint density at radius 2 is 2.06 bits per heavy atom. The first-order chi connectivity index (χ1) is 7.71. The summed E-state index contributed by atoms with van der Waals surface area (Å²) in [6, 6.07) is 6.02. The van der Waals surface area contributed by atoms with Crippen LogP contribution in [0.1, 0.15) is 24.5 Å². The summed E-state index contributed by atoms with van der Waals surface area (Å²) in [6.45, 7) is 2.09. The molecule has 0 aliphatic heterocycles. The highest BCUT2D eigenvalue weighted by molar-refractivity contribution is 5.69. The lowest BCUT2D eigenvalue weighted by Gasteiger charge is -2.08. The average Bonchev–Trinajstić information content (AvgIpc) is 2.35. The van der Waals surface area contributed by atoms with Crippen LogP contribution in [0.5, 0.6) is 5.75 Å². The van der Waals surface area contributed by atoms with Gasteiger partial charge < -0.3 is 9.47 Å². The molecule has 0 bridgehead atoms. The van der Waals surface area contributed by atoms with Gasteiger partial charge in [-0.25, -0.2) is 0 Å². The first-order valence-electron chi connectivity index (χ1n) is 5.43. The summed E-state index contributed by atoms with van der Waals surface area (Å²) in [4.78, 5) is 11.0. The minimum atomic E-state index is -0.172. The summed E-state index contributed by atoms with van der Waals surface area (Å²) in [7, 11) is 3.08. The van der Waals surface area contributed by atoms with E-state index in [1.807, 2.05) is 12.1 Å². The Balaban J connectivity index is 2.71. The zero-order valence-electron chi connectivity index (χ0n) is 10.1. The topological polar surface area (TPSA) is 35.5 Å². The Morgan fingerprint density at radius 1 is 1.31 bits per heavy atom. The van der Waals surface area contributed by atoms with Crippen LogP contribution < -0.4 is 4.74 Å². The summed E-state index contributed by atoms with van der Waals surface area (Å²) in [5.41, 5.74) is 2.31. The van der Waals surface area contributed by atoms with Gasteiger partial charge in [-0.15, -0.1) is 0 Å². The van der Waals surface area contributed by atoms with E-state index in [2.05, 4.69) is 17.7 Å². The molecule has 0 radical (unpaired) electrons. The normalized spacial score (nSPS) is 9.94. The van der Waals surface area contributed by atoms with E-state index in [9.17, 15) is 4.79 Å². The standard InChI is InChI=1S/C13H18O3/c1-4-11-9-10(5-7-12(11)15-2)6-8-13(14)16-3/h5,7,9H,4,6,8H2,1-3H3. The number of carbonyl (C=O) groups excluding carboxylic acids is 1. The smallest absolute Gasteiger partial charge is 0.305 e. The lowest BCUT2D eigenvalue weighted by Crippen LogP contribution is -2.02. The van der Waals surface area contributed by atoms with Gasteiger partial charge in [-0.05, 0) is 30.0 Å². The van der Waals surface area contributed by atoms with Gasteiger partial charge in [0.15, 0.2) is 0 Å². The van der Waals surface area contributed by atoms with Crippen molar-refractivity contribution in [1.29, 1.82) is 0 Å². The summed E-state index contributed by atoms with van der Waals surface area (Å²) >= 11 is 0. The number of hydrogen-bond acceptors (Lipinski definition) is 3. The fraction of sp³-hybridized carbons (Fsp3) is 0.462. The fourth-order valence-corrected chi connectivity index (χ4v) is 1.61. The van der Waals surface area contributed by atoms with Crippen molar-refractivity contribution in [3.05, 3.63) is 29.3 Å². The number of ether oxygens (including phenoxy) is 2. The van der Waals surface area contributed by atoms with E-state index in [1.54, 1.807) is 7.11 Å². The number of aryl methyl sites for hydroxylation is 2. The van der Waals surface area contributed by atoms with Crippen molar-refractivity contribution in [3.8, 4) is 5.75 Å². The first kappa shape index (κ1) is 12.6. The highest BCUT2D eigenvalue weighted by Crippen LogP contribution is 2.21. The van der Waals surface area contributed by atoms with Crippen molar-refractivity contribution in [3.63, 3.8) is 0 Å². The van der Waals surface area contributed by atoms with Crippen LogP contribution in [0.15, 0.2) is 18.2 Å². The van der Waals surface area contributed by atoms with Crippen LogP contribution in [0.25, 0.3) is 0 Å². The van der Waals surface area contributed by atoms with Crippen LogP contribution in [-0.2, 0) is 22.4 Å². The molecule has 1 aromatic rings. The zero-order chi connectivity index (χ0) is 12.0. The van der Waals surface area contributed by atoms with Crippen LogP contribution in [-0.4, -0.2) is 20.2 Å². The molecule has 0 saturated heterocycles. The molecule has 88 valence electrons. The maximum absolute atomic E-state index is 11.0. The molecule has 0 heterocycles. The quantitative estimate of drug-likeness (QED) is 0.717. The number of benzene rings is 1. The molecule has 0 N–H and O–H groups in total. The molecular weight excluding hydrogens is 204 g/mol. The van der Waals surface area contributed by atoms with Gasteiger partial charge in [0.2, 0.25) is 0 Å². The molecule has 0 aliphatic carbocycles. The maximum Gasteiger partial charge on any atom is 0.305 e. The second-order valence-corrected chi connectivity index (χ2v) is 3.58. The first-order valence-corrected chi connectivity index (χ1v) is 5.43. The number of methoxy groups -OCH3 is 2. The van der Waals surface area contributed by atoms with E-state index >= 15 is 0 Å². The highest BCUT2D eigenvalue weighted by atomic mass is 16.5. The van der Waals surface area contributed by atoms with Crippen LogP contribution in [0.3, 0.4) is 0 Å². The van der Waals surface area contributed by atoms with E-state index < -0.39 is 0 Å². The second kappa shape index (κ2) is 6.16. The lowest BCUT2D eigenvalue weighted by atomic mass is 10.0. The number of hydrogen-bond donors (Lipinski definition) is 0. The Hall–Kier alpha value is -1.51. The van der Waals surface area contributed by atoms with E-state index in [0.717, 1.165) is 17.7 Å². The summed E-state index contributed by atoms with van der Waals surface area (Å²) in [5.74, 6) is 0.734. The van der Waals surface area contributed by atoms with E-state index in [1.165, 1.54) is 12.7 Å². The van der Waals surface area contributed by atoms with Gasteiger partial charge in [-0.3, -0.25) is 4.79 Å². The Kier molecular flexibility index (Phi) is 4.83. The molecule has 0 saturated carbocycles. The van der Waals surface area contributed by atoms with Gasteiger partial charge in [-0.2, -0.15) is 0 Å². The molecule has 0 aromatic heterocycles. The van der Waals surface area contributed by atoms with Gasteiger partial charge in [0.25, 0.3) is 0 Å². The number of rotatable bonds is 5. The largest absolute Gasteiger partial charge is 0.496 e. The van der Waals surface area contributed by atoms with E-state index in [-0.39, 0.29) is 5.97 Å². The van der Waals surface area contributed by atoms with E-state index in [0.29, 0.717) is 12.8 Å². The van der Waals surface area contributed by atoms with Crippen molar-refractivity contribution in [2.45, 2.75) is 26.2 Å². The molecule has 0 fully saturated rings. The van der Waals surface area contributed by atoms with Crippen LogP contribution in [0.2, 0.25) is 0 Å². The minimum Gasteiger partial charge on any atom is -0.496 e. The predicted octanol–water partition coefficient (Wildman–Crippen LogP) is 2.36. The van der Waals surface area contributed by atoms with Gasteiger partial charge in [0.1, 0.15) is 5.75 Å². The van der Waals surface area contributed by atoms with Crippen molar-refractivity contribution in [2.75, 3.05) is 14.2 Å². The van der Waals surface area contributed by atoms with Crippen LogP contribution in [0.4, 0.5) is 0 Å².